The quantitative estimate of drug-likeness (QED) is 0.0940. The van der Waals surface area contributed by atoms with E-state index in [1.165, 1.54) is 18.2 Å². The molecule has 0 aliphatic carbocycles. The number of nitrogens with one attached hydrogen (secondary N) is 1. The Hall–Kier alpha value is -5.57. The zero-order valence-electron chi connectivity index (χ0n) is 23.5. The summed E-state index contributed by atoms with van der Waals surface area (Å²) in [6, 6.07) is 25.8. The lowest BCUT2D eigenvalue weighted by Crippen LogP contribution is -2.17. The zero-order valence-corrected chi connectivity index (χ0v) is 23.5. The fourth-order valence-corrected chi connectivity index (χ4v) is 5.23. The van der Waals surface area contributed by atoms with Gasteiger partial charge in [-0.15, -0.1) is 0 Å². The molecule has 0 saturated carbocycles. The molecular formula is C34H27N3O6. The van der Waals surface area contributed by atoms with Crippen molar-refractivity contribution in [2.45, 2.75) is 26.3 Å². The molecule has 4 aromatic carbocycles. The van der Waals surface area contributed by atoms with Crippen molar-refractivity contribution in [2.75, 3.05) is 11.9 Å². The van der Waals surface area contributed by atoms with Gasteiger partial charge in [0.25, 0.3) is 5.69 Å². The van der Waals surface area contributed by atoms with E-state index < -0.39 is 10.5 Å². The van der Waals surface area contributed by atoms with E-state index in [2.05, 4.69) is 5.32 Å². The zero-order chi connectivity index (χ0) is 30.1. The summed E-state index contributed by atoms with van der Waals surface area (Å²) in [5.41, 5.74) is 5.38. The average Bonchev–Trinajstić information content (AvgIpc) is 3.19. The summed E-state index contributed by atoms with van der Waals surface area (Å²) in [7, 11) is 0. The highest BCUT2D eigenvalue weighted by Gasteiger charge is 2.27. The minimum absolute atomic E-state index is 0.00750. The van der Waals surface area contributed by atoms with Gasteiger partial charge >= 0.3 is 5.63 Å². The molecule has 0 saturated heterocycles. The van der Waals surface area contributed by atoms with Gasteiger partial charge in [0.1, 0.15) is 5.75 Å². The summed E-state index contributed by atoms with van der Waals surface area (Å²) < 4.78 is 11.9. The molecule has 9 nitrogen and oxygen atoms in total. The Kier molecular flexibility index (Phi) is 7.29. The Balaban J connectivity index is 1.48. The molecule has 1 N–H and O–H groups in total. The number of nitrogens with zero attached hydrogens (tertiary/aromatic N) is 2. The molecule has 9 heteroatoms. The number of carbonyl (C=O) groups is 1. The van der Waals surface area contributed by atoms with Crippen LogP contribution in [0.3, 0.4) is 0 Å². The van der Waals surface area contributed by atoms with Crippen molar-refractivity contribution in [2.24, 2.45) is 4.99 Å². The number of nitro benzene ring substituents is 1. The molecule has 0 bridgehead atoms. The number of ketones is 1. The summed E-state index contributed by atoms with van der Waals surface area (Å²) in [6.07, 6.45) is 0.325. The summed E-state index contributed by atoms with van der Waals surface area (Å²) in [6.45, 7) is 3.55. The van der Waals surface area contributed by atoms with Crippen LogP contribution in [0, 0.1) is 24.0 Å². The maximum atomic E-state index is 13.0. The van der Waals surface area contributed by atoms with Gasteiger partial charge in [0.15, 0.2) is 18.0 Å². The molecule has 214 valence electrons. The summed E-state index contributed by atoms with van der Waals surface area (Å²) in [5.74, 6) is 0.151. The standard InChI is InChI=1S/C34H27N3O6/c1-20-7-9-23(10-8-20)30(38)19-42-31-16-15-25-21(2)17-32(39)43-34(25)33(31)29-18-28(22-11-13-24(14-12-22)37(40)41)35-26-5-3-4-6-27(26)36-29/h3-17,28,35H,18-19H2,1-2H3/t28-/m0/s1. The van der Waals surface area contributed by atoms with E-state index in [9.17, 15) is 19.7 Å². The van der Waals surface area contributed by atoms with Crippen LogP contribution in [0.4, 0.5) is 17.1 Å². The summed E-state index contributed by atoms with van der Waals surface area (Å²) in [5, 5.41) is 15.5. The van der Waals surface area contributed by atoms with Crippen LogP contribution in [0.25, 0.3) is 11.0 Å². The van der Waals surface area contributed by atoms with Gasteiger partial charge in [-0.3, -0.25) is 19.9 Å². The molecule has 1 atom stereocenters. The summed E-state index contributed by atoms with van der Waals surface area (Å²) in [4.78, 5) is 41.5. The van der Waals surface area contributed by atoms with Crippen molar-refractivity contribution < 1.29 is 18.9 Å². The van der Waals surface area contributed by atoms with Crippen LogP contribution in [0.15, 0.2) is 105 Å². The fourth-order valence-electron chi connectivity index (χ4n) is 5.23. The lowest BCUT2D eigenvalue weighted by atomic mass is 9.94. The highest BCUT2D eigenvalue weighted by atomic mass is 16.6. The lowest BCUT2D eigenvalue weighted by Gasteiger charge is -2.20. The Morgan fingerprint density at radius 1 is 1.02 bits per heavy atom. The average molecular weight is 574 g/mol. The number of aryl methyl sites for hydroxylation is 2. The third-order valence-electron chi connectivity index (χ3n) is 7.50. The number of non-ortho nitro benzene ring substituents is 1. The Morgan fingerprint density at radius 2 is 1.77 bits per heavy atom. The molecule has 6 rings (SSSR count). The van der Waals surface area contributed by atoms with Gasteiger partial charge in [-0.25, -0.2) is 4.79 Å². The Labute approximate surface area is 246 Å². The van der Waals surface area contributed by atoms with Crippen molar-refractivity contribution in [1.29, 1.82) is 0 Å². The van der Waals surface area contributed by atoms with E-state index in [1.807, 2.05) is 50.2 Å². The number of hydrogen-bond donors (Lipinski definition) is 1. The number of nitro groups is 1. The first-order valence-electron chi connectivity index (χ1n) is 13.7. The van der Waals surface area contributed by atoms with Crippen molar-refractivity contribution in [3.8, 4) is 5.75 Å². The van der Waals surface area contributed by atoms with E-state index in [0.717, 1.165) is 22.4 Å². The van der Waals surface area contributed by atoms with Crippen LogP contribution in [-0.2, 0) is 0 Å². The lowest BCUT2D eigenvalue weighted by molar-refractivity contribution is -0.384. The van der Waals surface area contributed by atoms with E-state index in [-0.39, 0.29) is 24.1 Å². The van der Waals surface area contributed by atoms with Gasteiger partial charge in [-0.2, -0.15) is 0 Å². The molecular weight excluding hydrogens is 546 g/mol. The topological polar surface area (TPSA) is 124 Å². The third kappa shape index (κ3) is 5.65. The van der Waals surface area contributed by atoms with Gasteiger partial charge in [0, 0.05) is 35.6 Å². The molecule has 2 heterocycles. The van der Waals surface area contributed by atoms with E-state index in [1.54, 1.807) is 36.4 Å². The number of ether oxygens (including phenoxy) is 1. The van der Waals surface area contributed by atoms with Crippen molar-refractivity contribution in [1.82, 2.24) is 0 Å². The molecule has 0 spiro atoms. The van der Waals surface area contributed by atoms with E-state index in [4.69, 9.17) is 14.1 Å². The normalized spacial score (nSPS) is 14.3. The molecule has 1 aliphatic rings. The van der Waals surface area contributed by atoms with Gasteiger partial charge in [0.2, 0.25) is 0 Å². The van der Waals surface area contributed by atoms with Crippen molar-refractivity contribution in [3.63, 3.8) is 0 Å². The molecule has 1 aliphatic heterocycles. The number of anilines is 1. The number of para-hydroxylation sites is 2. The highest BCUT2D eigenvalue weighted by molar-refractivity contribution is 6.13. The Morgan fingerprint density at radius 3 is 2.51 bits per heavy atom. The van der Waals surface area contributed by atoms with Gasteiger partial charge in [-0.05, 0) is 49.2 Å². The second-order valence-electron chi connectivity index (χ2n) is 10.5. The third-order valence-corrected chi connectivity index (χ3v) is 7.50. The number of rotatable bonds is 7. The van der Waals surface area contributed by atoms with Crippen LogP contribution < -0.4 is 15.7 Å². The van der Waals surface area contributed by atoms with Gasteiger partial charge in [0.05, 0.1) is 33.6 Å². The Bertz CT molecular complexity index is 1960. The second-order valence-corrected chi connectivity index (χ2v) is 10.5. The van der Waals surface area contributed by atoms with Crippen LogP contribution in [0.1, 0.15) is 45.1 Å². The molecule has 5 aromatic rings. The number of aliphatic imine (C=N–C) groups is 1. The van der Waals surface area contributed by atoms with Crippen LogP contribution >= 0.6 is 0 Å². The predicted octanol–water partition coefficient (Wildman–Crippen LogP) is 7.26. The van der Waals surface area contributed by atoms with Crippen LogP contribution in [0.5, 0.6) is 5.75 Å². The molecule has 0 radical (unpaired) electrons. The monoisotopic (exact) mass is 573 g/mol. The van der Waals surface area contributed by atoms with Crippen LogP contribution in [-0.4, -0.2) is 23.0 Å². The minimum Gasteiger partial charge on any atom is -0.485 e. The second kappa shape index (κ2) is 11.4. The smallest absolute Gasteiger partial charge is 0.336 e. The van der Waals surface area contributed by atoms with Gasteiger partial charge in [-0.1, -0.05) is 54.1 Å². The largest absolute Gasteiger partial charge is 0.485 e. The van der Waals surface area contributed by atoms with Gasteiger partial charge < -0.3 is 14.5 Å². The van der Waals surface area contributed by atoms with Crippen molar-refractivity contribution >= 4 is 39.5 Å². The van der Waals surface area contributed by atoms with Crippen LogP contribution in [0.2, 0.25) is 0 Å². The highest BCUT2D eigenvalue weighted by Crippen LogP contribution is 2.39. The minimum atomic E-state index is -0.515. The molecule has 0 amide bonds. The molecule has 1 aromatic heterocycles. The summed E-state index contributed by atoms with van der Waals surface area (Å²) >= 11 is 0. The maximum absolute atomic E-state index is 13.0. The predicted molar refractivity (Wildman–Crippen MR) is 165 cm³/mol. The number of benzene rings is 4. The maximum Gasteiger partial charge on any atom is 0.336 e. The molecule has 43 heavy (non-hydrogen) atoms. The number of hydrogen-bond acceptors (Lipinski definition) is 8. The van der Waals surface area contributed by atoms with E-state index >= 15 is 0 Å². The molecule has 0 fully saturated rings. The number of fused-ring (bicyclic) bond motifs is 2. The SMILES string of the molecule is Cc1ccc(C(=O)COc2ccc3c(C)cc(=O)oc3c2C2=Nc3ccccc3N[C@H](c3ccc([N+](=O)[O-])cc3)C2)cc1. The van der Waals surface area contributed by atoms with E-state index in [0.29, 0.717) is 45.7 Å². The first-order chi connectivity index (χ1) is 20.8. The fraction of sp³-hybridized carbons (Fsp3) is 0.147. The number of Topliss-reactive ketones (excluding diaryl/α,β-unsaturated/α-hetero) is 1. The molecule has 0 unspecified atom stereocenters. The first kappa shape index (κ1) is 27.6. The van der Waals surface area contributed by atoms with Crippen molar-refractivity contribution in [3.05, 3.63) is 139 Å². The first-order valence-corrected chi connectivity index (χ1v) is 13.7. The number of carbonyl (C=O) groups excluding carboxylic acids is 1.